The summed E-state index contributed by atoms with van der Waals surface area (Å²) in [6.45, 7) is 2.19. The number of hydrogen-bond donors (Lipinski definition) is 0. The number of rotatable bonds is 6. The highest BCUT2D eigenvalue weighted by atomic mass is 16.5. The van der Waals surface area contributed by atoms with Crippen molar-refractivity contribution in [3.63, 3.8) is 0 Å². The van der Waals surface area contributed by atoms with E-state index in [4.69, 9.17) is 4.74 Å². The summed E-state index contributed by atoms with van der Waals surface area (Å²) in [5.41, 5.74) is 3.82. The van der Waals surface area contributed by atoms with Crippen molar-refractivity contribution in [3.05, 3.63) is 59.7 Å². The van der Waals surface area contributed by atoms with Crippen LogP contribution in [0.15, 0.2) is 48.5 Å². The summed E-state index contributed by atoms with van der Waals surface area (Å²) in [6, 6.07) is 16.1. The second-order valence-electron chi connectivity index (χ2n) is 5.19. The number of ether oxygens (including phenoxy) is 1. The Bertz CT molecular complexity index is 588. The SMILES string of the molecule is CCCCCc1ccc(-c2ccccc2)c(C(=O)OC)c1. The highest BCUT2D eigenvalue weighted by Crippen LogP contribution is 2.26. The van der Waals surface area contributed by atoms with E-state index >= 15 is 0 Å². The first kappa shape index (κ1) is 15.3. The fourth-order valence-electron chi connectivity index (χ4n) is 2.47. The van der Waals surface area contributed by atoms with Crippen molar-refractivity contribution in [2.24, 2.45) is 0 Å². The lowest BCUT2D eigenvalue weighted by atomic mass is 9.95. The van der Waals surface area contributed by atoms with Gasteiger partial charge in [-0.1, -0.05) is 62.2 Å². The lowest BCUT2D eigenvalue weighted by Gasteiger charge is -2.11. The minimum Gasteiger partial charge on any atom is -0.465 e. The molecule has 21 heavy (non-hydrogen) atoms. The third-order valence-corrected chi connectivity index (χ3v) is 3.64. The molecule has 0 saturated carbocycles. The molecule has 0 atom stereocenters. The van der Waals surface area contributed by atoms with E-state index in [2.05, 4.69) is 13.0 Å². The molecule has 0 aliphatic rings. The highest BCUT2D eigenvalue weighted by molar-refractivity contribution is 5.97. The summed E-state index contributed by atoms with van der Waals surface area (Å²) in [4.78, 5) is 12.1. The third-order valence-electron chi connectivity index (χ3n) is 3.64. The zero-order valence-electron chi connectivity index (χ0n) is 12.8. The van der Waals surface area contributed by atoms with Gasteiger partial charge in [0.25, 0.3) is 0 Å². The molecule has 2 rings (SSSR count). The van der Waals surface area contributed by atoms with Gasteiger partial charge in [0.1, 0.15) is 0 Å². The average Bonchev–Trinajstić information content (AvgIpc) is 2.55. The molecule has 0 aliphatic carbocycles. The quantitative estimate of drug-likeness (QED) is 0.558. The molecule has 0 aliphatic heterocycles. The number of hydrogen-bond acceptors (Lipinski definition) is 2. The Morgan fingerprint density at radius 1 is 1.05 bits per heavy atom. The molecule has 0 unspecified atom stereocenters. The molecule has 0 bridgehead atoms. The molecule has 0 radical (unpaired) electrons. The van der Waals surface area contributed by atoms with Gasteiger partial charge in [0.2, 0.25) is 0 Å². The number of aryl methyl sites for hydroxylation is 1. The van der Waals surface area contributed by atoms with Gasteiger partial charge in [-0.05, 0) is 35.6 Å². The van der Waals surface area contributed by atoms with E-state index in [1.54, 1.807) is 0 Å². The molecule has 0 fully saturated rings. The minimum atomic E-state index is -0.272. The molecule has 2 nitrogen and oxygen atoms in total. The summed E-state index contributed by atoms with van der Waals surface area (Å²) >= 11 is 0. The molecular weight excluding hydrogens is 260 g/mol. The fraction of sp³-hybridized carbons (Fsp3) is 0.316. The third kappa shape index (κ3) is 3.94. The smallest absolute Gasteiger partial charge is 0.338 e. The number of carbonyl (C=O) groups excluding carboxylic acids is 1. The first-order valence-electron chi connectivity index (χ1n) is 7.53. The zero-order valence-corrected chi connectivity index (χ0v) is 12.8. The Labute approximate surface area is 126 Å². The van der Waals surface area contributed by atoms with E-state index in [9.17, 15) is 4.79 Å². The van der Waals surface area contributed by atoms with E-state index in [1.165, 1.54) is 25.5 Å². The Morgan fingerprint density at radius 2 is 1.81 bits per heavy atom. The van der Waals surface area contributed by atoms with E-state index in [-0.39, 0.29) is 5.97 Å². The van der Waals surface area contributed by atoms with Crippen LogP contribution in [0.3, 0.4) is 0 Å². The normalized spacial score (nSPS) is 10.4. The van der Waals surface area contributed by atoms with Crippen LogP contribution >= 0.6 is 0 Å². The second kappa shape index (κ2) is 7.63. The molecule has 0 heterocycles. The largest absolute Gasteiger partial charge is 0.465 e. The maximum Gasteiger partial charge on any atom is 0.338 e. The molecule has 2 aromatic carbocycles. The van der Waals surface area contributed by atoms with Gasteiger partial charge in [-0.25, -0.2) is 4.79 Å². The minimum absolute atomic E-state index is 0.272. The van der Waals surface area contributed by atoms with Crippen molar-refractivity contribution >= 4 is 5.97 Å². The van der Waals surface area contributed by atoms with Gasteiger partial charge < -0.3 is 4.74 Å². The number of esters is 1. The van der Waals surface area contributed by atoms with E-state index in [0.29, 0.717) is 5.56 Å². The number of unbranched alkanes of at least 4 members (excludes halogenated alkanes) is 2. The van der Waals surface area contributed by atoms with Crippen molar-refractivity contribution < 1.29 is 9.53 Å². The topological polar surface area (TPSA) is 26.3 Å². The first-order chi connectivity index (χ1) is 10.3. The zero-order chi connectivity index (χ0) is 15.1. The van der Waals surface area contributed by atoms with Crippen molar-refractivity contribution in [2.45, 2.75) is 32.6 Å². The van der Waals surface area contributed by atoms with Gasteiger partial charge in [0, 0.05) is 0 Å². The van der Waals surface area contributed by atoms with Crippen LogP contribution in [-0.4, -0.2) is 13.1 Å². The number of methoxy groups -OCH3 is 1. The van der Waals surface area contributed by atoms with Crippen LogP contribution in [0.1, 0.15) is 42.1 Å². The average molecular weight is 282 g/mol. The van der Waals surface area contributed by atoms with Gasteiger partial charge in [0.05, 0.1) is 12.7 Å². The predicted molar refractivity (Wildman–Crippen MR) is 86.4 cm³/mol. The van der Waals surface area contributed by atoms with Crippen LogP contribution in [-0.2, 0) is 11.2 Å². The Morgan fingerprint density at radius 3 is 2.48 bits per heavy atom. The molecule has 0 spiro atoms. The predicted octanol–water partition coefficient (Wildman–Crippen LogP) is 4.87. The molecule has 0 N–H and O–H groups in total. The molecule has 0 amide bonds. The maximum atomic E-state index is 12.1. The van der Waals surface area contributed by atoms with E-state index in [0.717, 1.165) is 24.0 Å². The standard InChI is InChI=1S/C19H22O2/c1-3-4-6-9-15-12-13-17(16-10-7-5-8-11-16)18(14-15)19(20)21-2/h5,7-8,10-14H,3-4,6,9H2,1-2H3. The number of benzene rings is 2. The van der Waals surface area contributed by atoms with Crippen LogP contribution in [0, 0.1) is 0 Å². The van der Waals surface area contributed by atoms with Gasteiger partial charge in [-0.3, -0.25) is 0 Å². The van der Waals surface area contributed by atoms with Crippen molar-refractivity contribution in [1.29, 1.82) is 0 Å². The highest BCUT2D eigenvalue weighted by Gasteiger charge is 2.14. The summed E-state index contributed by atoms with van der Waals surface area (Å²) in [5.74, 6) is -0.272. The molecule has 0 saturated heterocycles. The Hall–Kier alpha value is -2.09. The van der Waals surface area contributed by atoms with E-state index in [1.807, 2.05) is 42.5 Å². The fourth-order valence-corrected chi connectivity index (χ4v) is 2.47. The first-order valence-corrected chi connectivity index (χ1v) is 7.53. The maximum absolute atomic E-state index is 12.1. The molecular formula is C19H22O2. The van der Waals surface area contributed by atoms with Crippen LogP contribution in [0.4, 0.5) is 0 Å². The van der Waals surface area contributed by atoms with Crippen molar-refractivity contribution in [1.82, 2.24) is 0 Å². The molecule has 2 heteroatoms. The van der Waals surface area contributed by atoms with Crippen LogP contribution in [0.5, 0.6) is 0 Å². The van der Waals surface area contributed by atoms with Crippen molar-refractivity contribution in [2.75, 3.05) is 7.11 Å². The lowest BCUT2D eigenvalue weighted by Crippen LogP contribution is -2.04. The van der Waals surface area contributed by atoms with Gasteiger partial charge in [0.15, 0.2) is 0 Å². The van der Waals surface area contributed by atoms with Gasteiger partial charge in [-0.15, -0.1) is 0 Å². The summed E-state index contributed by atoms with van der Waals surface area (Å²) in [5, 5.41) is 0. The summed E-state index contributed by atoms with van der Waals surface area (Å²) < 4.78 is 4.94. The van der Waals surface area contributed by atoms with Crippen molar-refractivity contribution in [3.8, 4) is 11.1 Å². The molecule has 110 valence electrons. The molecule has 0 aromatic heterocycles. The van der Waals surface area contributed by atoms with Gasteiger partial charge >= 0.3 is 5.97 Å². The Kier molecular flexibility index (Phi) is 5.56. The lowest BCUT2D eigenvalue weighted by molar-refractivity contribution is 0.0601. The monoisotopic (exact) mass is 282 g/mol. The Balaban J connectivity index is 2.34. The summed E-state index contributed by atoms with van der Waals surface area (Å²) in [6.07, 6.45) is 4.58. The summed E-state index contributed by atoms with van der Waals surface area (Å²) in [7, 11) is 1.43. The van der Waals surface area contributed by atoms with Crippen LogP contribution < -0.4 is 0 Å². The van der Waals surface area contributed by atoms with Crippen LogP contribution in [0.2, 0.25) is 0 Å². The van der Waals surface area contributed by atoms with E-state index < -0.39 is 0 Å². The second-order valence-corrected chi connectivity index (χ2v) is 5.19. The number of carbonyl (C=O) groups is 1. The van der Waals surface area contributed by atoms with Crippen LogP contribution in [0.25, 0.3) is 11.1 Å². The molecule has 2 aromatic rings. The van der Waals surface area contributed by atoms with Gasteiger partial charge in [-0.2, -0.15) is 0 Å².